The summed E-state index contributed by atoms with van der Waals surface area (Å²) in [7, 11) is 0. The molecule has 1 aromatic rings. The van der Waals surface area contributed by atoms with Crippen molar-refractivity contribution in [1.29, 1.82) is 0 Å². The lowest BCUT2D eigenvalue weighted by molar-refractivity contribution is -0.137. The van der Waals surface area contributed by atoms with Crippen molar-refractivity contribution in [3.8, 4) is 5.75 Å². The van der Waals surface area contributed by atoms with Gasteiger partial charge in [0.15, 0.2) is 0 Å². The maximum absolute atomic E-state index is 13.0. The minimum atomic E-state index is -4.38. The monoisotopic (exact) mass is 314 g/mol. The van der Waals surface area contributed by atoms with Crippen LogP contribution in [0, 0.1) is 5.92 Å². The van der Waals surface area contributed by atoms with Crippen LogP contribution in [0.2, 0.25) is 0 Å². The van der Waals surface area contributed by atoms with E-state index in [2.05, 4.69) is 10.2 Å². The van der Waals surface area contributed by atoms with Crippen molar-refractivity contribution in [3.63, 3.8) is 0 Å². The van der Waals surface area contributed by atoms with E-state index >= 15 is 0 Å². The molecule has 22 heavy (non-hydrogen) atoms. The van der Waals surface area contributed by atoms with Crippen LogP contribution in [-0.4, -0.2) is 36.2 Å². The van der Waals surface area contributed by atoms with Gasteiger partial charge in [-0.3, -0.25) is 4.90 Å². The summed E-state index contributed by atoms with van der Waals surface area (Å²) in [5, 5.41) is 13.4. The molecular formula is C16H21F3N2O. The number of piperazine rings is 1. The molecule has 0 bridgehead atoms. The number of rotatable bonds is 4. The number of nitrogens with zero attached hydrogens (tertiary/aromatic N) is 1. The second-order valence-electron chi connectivity index (χ2n) is 6.25. The fourth-order valence-electron chi connectivity index (χ4n) is 3.13. The smallest absolute Gasteiger partial charge is 0.416 e. The molecule has 2 N–H and O–H groups in total. The molecule has 2 aliphatic rings. The third-order valence-electron chi connectivity index (χ3n) is 4.56. The van der Waals surface area contributed by atoms with E-state index in [9.17, 15) is 18.3 Å². The standard InChI is InChI=1S/C16H21F3N2O/c17-16(18,19)12-3-4-15(22)13(10-12)14(9-11-1-2-11)21-7-5-20-6-8-21/h3-4,10-11,14,20,22H,1-2,5-9H2/t14-/m0/s1. The van der Waals surface area contributed by atoms with Crippen LogP contribution < -0.4 is 5.32 Å². The zero-order valence-corrected chi connectivity index (χ0v) is 12.4. The molecule has 0 amide bonds. The zero-order chi connectivity index (χ0) is 15.7. The molecular weight excluding hydrogens is 293 g/mol. The summed E-state index contributed by atoms with van der Waals surface area (Å²) >= 11 is 0. The summed E-state index contributed by atoms with van der Waals surface area (Å²) in [6.07, 6.45) is -1.27. The number of aromatic hydroxyl groups is 1. The van der Waals surface area contributed by atoms with Crippen molar-refractivity contribution in [1.82, 2.24) is 10.2 Å². The van der Waals surface area contributed by atoms with Crippen LogP contribution in [0.4, 0.5) is 13.2 Å². The van der Waals surface area contributed by atoms with E-state index in [1.807, 2.05) is 0 Å². The lowest BCUT2D eigenvalue weighted by atomic mass is 9.96. The minimum Gasteiger partial charge on any atom is -0.508 e. The van der Waals surface area contributed by atoms with E-state index in [1.54, 1.807) is 0 Å². The third kappa shape index (κ3) is 3.55. The molecule has 0 unspecified atom stereocenters. The molecule has 1 aliphatic carbocycles. The molecule has 1 saturated carbocycles. The van der Waals surface area contributed by atoms with Gasteiger partial charge in [0.05, 0.1) is 5.56 Å². The number of hydrogen-bond donors (Lipinski definition) is 2. The Morgan fingerprint density at radius 2 is 1.91 bits per heavy atom. The van der Waals surface area contributed by atoms with E-state index in [4.69, 9.17) is 0 Å². The Morgan fingerprint density at radius 3 is 2.50 bits per heavy atom. The van der Waals surface area contributed by atoms with Crippen molar-refractivity contribution in [2.45, 2.75) is 31.5 Å². The normalized spacial score (nSPS) is 21.8. The molecule has 3 rings (SSSR count). The lowest BCUT2D eigenvalue weighted by Gasteiger charge is -2.36. The van der Waals surface area contributed by atoms with E-state index < -0.39 is 11.7 Å². The van der Waals surface area contributed by atoms with E-state index in [1.165, 1.54) is 6.07 Å². The molecule has 1 atom stereocenters. The van der Waals surface area contributed by atoms with E-state index in [0.717, 1.165) is 57.6 Å². The van der Waals surface area contributed by atoms with E-state index in [0.29, 0.717) is 11.5 Å². The van der Waals surface area contributed by atoms with Crippen molar-refractivity contribution >= 4 is 0 Å². The number of phenols is 1. The van der Waals surface area contributed by atoms with Crippen molar-refractivity contribution < 1.29 is 18.3 Å². The summed E-state index contributed by atoms with van der Waals surface area (Å²) in [5.74, 6) is 0.547. The van der Waals surface area contributed by atoms with Crippen LogP contribution in [0.3, 0.4) is 0 Å². The van der Waals surface area contributed by atoms with Crippen molar-refractivity contribution in [2.24, 2.45) is 5.92 Å². The van der Waals surface area contributed by atoms with Gasteiger partial charge < -0.3 is 10.4 Å². The molecule has 1 aromatic carbocycles. The molecule has 0 spiro atoms. The summed E-state index contributed by atoms with van der Waals surface area (Å²) < 4.78 is 38.9. The number of nitrogens with one attached hydrogen (secondary N) is 1. The van der Waals surface area contributed by atoms with Gasteiger partial charge in [0.25, 0.3) is 0 Å². The molecule has 0 radical (unpaired) electrons. The van der Waals surface area contributed by atoms with Gasteiger partial charge in [-0.05, 0) is 30.5 Å². The predicted octanol–water partition coefficient (Wildman–Crippen LogP) is 3.16. The van der Waals surface area contributed by atoms with Gasteiger partial charge in [-0.25, -0.2) is 0 Å². The largest absolute Gasteiger partial charge is 0.508 e. The maximum atomic E-state index is 13.0. The predicted molar refractivity (Wildman–Crippen MR) is 77.6 cm³/mol. The summed E-state index contributed by atoms with van der Waals surface area (Å²) in [6, 6.07) is 3.13. The Kier molecular flexibility index (Phi) is 4.32. The highest BCUT2D eigenvalue weighted by molar-refractivity contribution is 5.39. The number of halogens is 3. The fourth-order valence-corrected chi connectivity index (χ4v) is 3.13. The quantitative estimate of drug-likeness (QED) is 0.896. The minimum absolute atomic E-state index is 0.0304. The molecule has 0 aromatic heterocycles. The first-order valence-corrected chi connectivity index (χ1v) is 7.80. The summed E-state index contributed by atoms with van der Waals surface area (Å²) in [5.41, 5.74) is -0.264. The maximum Gasteiger partial charge on any atom is 0.416 e. The SMILES string of the molecule is Oc1ccc(C(F)(F)F)cc1[C@H](CC1CC1)N1CCNCC1. The van der Waals surface area contributed by atoms with E-state index in [-0.39, 0.29) is 11.8 Å². The average Bonchev–Trinajstić information content (AvgIpc) is 3.29. The summed E-state index contributed by atoms with van der Waals surface area (Å²) in [4.78, 5) is 2.20. The molecule has 1 saturated heterocycles. The van der Waals surface area contributed by atoms with Crippen LogP contribution in [0.25, 0.3) is 0 Å². The fraction of sp³-hybridized carbons (Fsp3) is 0.625. The number of alkyl halides is 3. The molecule has 1 aliphatic heterocycles. The first-order valence-electron chi connectivity index (χ1n) is 7.80. The Balaban J connectivity index is 1.91. The highest BCUT2D eigenvalue weighted by atomic mass is 19.4. The summed E-state index contributed by atoms with van der Waals surface area (Å²) in [6.45, 7) is 3.27. The number of hydrogen-bond acceptors (Lipinski definition) is 3. The molecule has 6 heteroatoms. The number of phenolic OH excluding ortho intramolecular Hbond substituents is 1. The highest BCUT2D eigenvalue weighted by Crippen LogP contribution is 2.43. The molecule has 122 valence electrons. The van der Waals surface area contributed by atoms with Gasteiger partial charge in [-0.2, -0.15) is 13.2 Å². The van der Waals surface area contributed by atoms with Crippen LogP contribution in [-0.2, 0) is 6.18 Å². The Hall–Kier alpha value is -1.27. The Labute approximate surface area is 128 Å². The van der Waals surface area contributed by atoms with Crippen LogP contribution >= 0.6 is 0 Å². The zero-order valence-electron chi connectivity index (χ0n) is 12.4. The van der Waals surface area contributed by atoms with Crippen LogP contribution in [0.15, 0.2) is 18.2 Å². The van der Waals surface area contributed by atoms with Crippen LogP contribution in [0.1, 0.15) is 36.4 Å². The van der Waals surface area contributed by atoms with Gasteiger partial charge in [0, 0.05) is 37.8 Å². The van der Waals surface area contributed by atoms with Crippen molar-refractivity contribution in [2.75, 3.05) is 26.2 Å². The molecule has 2 fully saturated rings. The topological polar surface area (TPSA) is 35.5 Å². The van der Waals surface area contributed by atoms with Gasteiger partial charge >= 0.3 is 6.18 Å². The Morgan fingerprint density at radius 1 is 1.23 bits per heavy atom. The first kappa shape index (κ1) is 15.6. The second-order valence-corrected chi connectivity index (χ2v) is 6.25. The third-order valence-corrected chi connectivity index (χ3v) is 4.56. The number of benzene rings is 1. The van der Waals surface area contributed by atoms with Gasteiger partial charge in [0.2, 0.25) is 0 Å². The molecule has 3 nitrogen and oxygen atoms in total. The molecule has 1 heterocycles. The lowest BCUT2D eigenvalue weighted by Crippen LogP contribution is -2.45. The van der Waals surface area contributed by atoms with Crippen LogP contribution in [0.5, 0.6) is 5.75 Å². The highest BCUT2D eigenvalue weighted by Gasteiger charge is 2.35. The Bertz CT molecular complexity index is 523. The second kappa shape index (κ2) is 6.08. The first-order chi connectivity index (χ1) is 10.4. The average molecular weight is 314 g/mol. The van der Waals surface area contributed by atoms with Gasteiger partial charge in [0.1, 0.15) is 5.75 Å². The van der Waals surface area contributed by atoms with Gasteiger partial charge in [-0.1, -0.05) is 12.8 Å². The van der Waals surface area contributed by atoms with Crippen molar-refractivity contribution in [3.05, 3.63) is 29.3 Å². The van der Waals surface area contributed by atoms with Gasteiger partial charge in [-0.15, -0.1) is 0 Å².